The van der Waals surface area contributed by atoms with Crippen LogP contribution in [-0.4, -0.2) is 40.7 Å². The van der Waals surface area contributed by atoms with Crippen molar-refractivity contribution in [3.05, 3.63) is 54.4 Å². The monoisotopic (exact) mass is 428 g/mol. The van der Waals surface area contributed by atoms with E-state index in [4.69, 9.17) is 10.1 Å². The van der Waals surface area contributed by atoms with Crippen LogP contribution in [0.2, 0.25) is 0 Å². The zero-order valence-electron chi connectivity index (χ0n) is 17.6. The lowest BCUT2D eigenvalue weighted by Crippen LogP contribution is -2.27. The fourth-order valence-corrected chi connectivity index (χ4v) is 3.11. The van der Waals surface area contributed by atoms with Crippen LogP contribution < -0.4 is 15.4 Å². The number of anilines is 2. The molecule has 0 fully saturated rings. The zero-order valence-corrected chi connectivity index (χ0v) is 18.4. The number of carbonyl (C=O) groups excluding carboxylic acids is 1. The van der Waals surface area contributed by atoms with E-state index >= 15 is 0 Å². The van der Waals surface area contributed by atoms with Crippen LogP contribution in [-0.2, 0) is 4.79 Å². The molecule has 0 aliphatic rings. The number of rotatable bonds is 11. The van der Waals surface area contributed by atoms with Gasteiger partial charge in [0.05, 0.1) is 17.5 Å². The summed E-state index contributed by atoms with van der Waals surface area (Å²) < 4.78 is 5.47. The molecule has 4 N–H and O–H groups in total. The van der Waals surface area contributed by atoms with Gasteiger partial charge >= 0.3 is 0 Å². The van der Waals surface area contributed by atoms with Crippen LogP contribution in [0.3, 0.4) is 0 Å². The second-order valence-electron chi connectivity index (χ2n) is 7.36. The van der Waals surface area contributed by atoms with Crippen molar-refractivity contribution in [3.63, 3.8) is 0 Å². The third kappa shape index (κ3) is 7.20. The van der Waals surface area contributed by atoms with Gasteiger partial charge < -0.3 is 25.9 Å². The number of hydrogen-bond donors (Lipinski definition) is 4. The van der Waals surface area contributed by atoms with Gasteiger partial charge in [-0.15, -0.1) is 11.8 Å². The summed E-state index contributed by atoms with van der Waals surface area (Å²) in [5.41, 5.74) is 1.30. The molecule has 2 aromatic rings. The zero-order chi connectivity index (χ0) is 22.1. The highest BCUT2D eigenvalue weighted by atomic mass is 32.2. The lowest BCUT2D eigenvalue weighted by molar-refractivity contribution is -0.105. The number of ether oxygens (including phenoxy) is 1. The molecule has 30 heavy (non-hydrogen) atoms. The van der Waals surface area contributed by atoms with E-state index in [1.54, 1.807) is 56.2 Å². The summed E-state index contributed by atoms with van der Waals surface area (Å²) in [5, 5.41) is 23.8. The molecule has 1 amide bonds. The van der Waals surface area contributed by atoms with Crippen LogP contribution in [0.1, 0.15) is 32.3 Å². The molecule has 0 spiro atoms. The Morgan fingerprint density at radius 2 is 2.10 bits per heavy atom. The number of amides is 1. The van der Waals surface area contributed by atoms with E-state index in [-0.39, 0.29) is 12.5 Å². The first-order chi connectivity index (χ1) is 14.2. The predicted molar refractivity (Wildman–Crippen MR) is 123 cm³/mol. The molecule has 160 valence electrons. The number of aliphatic hydroxyl groups is 1. The Kier molecular flexibility index (Phi) is 8.44. The highest BCUT2D eigenvalue weighted by molar-refractivity contribution is 7.98. The molecule has 1 heterocycles. The summed E-state index contributed by atoms with van der Waals surface area (Å²) in [4.78, 5) is 15.9. The van der Waals surface area contributed by atoms with Gasteiger partial charge in [-0.2, -0.15) is 0 Å². The predicted octanol–water partition coefficient (Wildman–Crippen LogP) is 4.27. The second-order valence-corrected chi connectivity index (χ2v) is 8.20. The number of allylic oxidation sites excluding steroid dienone is 1. The quantitative estimate of drug-likeness (QED) is 0.242. The first kappa shape index (κ1) is 23.4. The number of aromatic nitrogens is 1. The lowest BCUT2D eigenvalue weighted by Gasteiger charge is -2.17. The number of benzene rings is 1. The highest BCUT2D eigenvalue weighted by Gasteiger charge is 2.14. The minimum atomic E-state index is -0.904. The number of thioether (sulfide) groups is 1. The maximum Gasteiger partial charge on any atom is 0.211 e. The summed E-state index contributed by atoms with van der Waals surface area (Å²) in [6.07, 6.45) is 7.56. The molecular formula is C22H28N4O3S. The van der Waals surface area contributed by atoms with Crippen molar-refractivity contribution in [2.45, 2.75) is 37.2 Å². The first-order valence-corrected chi connectivity index (χ1v) is 10.7. The standard InChI is InChI=1S/C22H28N4O3S/c1-15(16-5-7-19(26-14-27)20(11-16)30-4)18(23)9-10-24-21-8-6-17(12-25-21)29-13-22(2,3)28/h5-12,14-15,23,28H,13H2,1-4H3,(H,24,25)(H,26,27)/b10-9-,23-18?. The Morgan fingerprint density at radius 3 is 2.70 bits per heavy atom. The van der Waals surface area contributed by atoms with Crippen LogP contribution in [0.25, 0.3) is 0 Å². The Hall–Kier alpha value is -2.84. The summed E-state index contributed by atoms with van der Waals surface area (Å²) in [6.45, 7) is 5.50. The van der Waals surface area contributed by atoms with Gasteiger partial charge in [0, 0.05) is 22.7 Å². The van der Waals surface area contributed by atoms with Gasteiger partial charge in [-0.1, -0.05) is 13.0 Å². The van der Waals surface area contributed by atoms with E-state index in [1.165, 1.54) is 0 Å². The molecule has 0 saturated heterocycles. The fraction of sp³-hybridized carbons (Fsp3) is 0.318. The van der Waals surface area contributed by atoms with Crippen LogP contribution in [0.15, 0.2) is 53.7 Å². The van der Waals surface area contributed by atoms with Crippen molar-refractivity contribution in [1.82, 2.24) is 4.98 Å². The minimum absolute atomic E-state index is 0.107. The Balaban J connectivity index is 1.94. The molecule has 0 radical (unpaired) electrons. The van der Waals surface area contributed by atoms with E-state index in [0.717, 1.165) is 16.1 Å². The molecule has 0 aliphatic heterocycles. The van der Waals surface area contributed by atoms with Gasteiger partial charge in [-0.05, 0) is 56.0 Å². The van der Waals surface area contributed by atoms with Gasteiger partial charge in [0.15, 0.2) is 0 Å². The van der Waals surface area contributed by atoms with Crippen molar-refractivity contribution in [2.24, 2.45) is 0 Å². The average Bonchev–Trinajstić information content (AvgIpc) is 2.72. The molecule has 1 atom stereocenters. The van der Waals surface area contributed by atoms with E-state index in [9.17, 15) is 9.90 Å². The van der Waals surface area contributed by atoms with Gasteiger partial charge in [-0.25, -0.2) is 4.98 Å². The number of pyridine rings is 1. The largest absolute Gasteiger partial charge is 0.489 e. The third-order valence-electron chi connectivity index (χ3n) is 4.23. The van der Waals surface area contributed by atoms with E-state index < -0.39 is 5.60 Å². The SMILES string of the molecule is CSc1cc(C(C)C(=N)/C=C\Nc2ccc(OCC(C)(C)O)cn2)ccc1NC=O. The highest BCUT2D eigenvalue weighted by Crippen LogP contribution is 2.29. The summed E-state index contributed by atoms with van der Waals surface area (Å²) in [5.74, 6) is 1.09. The van der Waals surface area contributed by atoms with Crippen molar-refractivity contribution < 1.29 is 14.6 Å². The van der Waals surface area contributed by atoms with E-state index in [1.807, 2.05) is 31.4 Å². The minimum Gasteiger partial charge on any atom is -0.489 e. The maximum absolute atomic E-state index is 10.7. The second kappa shape index (κ2) is 10.8. The first-order valence-electron chi connectivity index (χ1n) is 9.44. The molecule has 0 saturated carbocycles. The van der Waals surface area contributed by atoms with Crippen molar-refractivity contribution in [2.75, 3.05) is 23.5 Å². The van der Waals surface area contributed by atoms with Gasteiger partial charge in [0.2, 0.25) is 6.41 Å². The summed E-state index contributed by atoms with van der Waals surface area (Å²) in [7, 11) is 0. The fourth-order valence-electron chi connectivity index (χ4n) is 2.51. The van der Waals surface area contributed by atoms with Crippen LogP contribution >= 0.6 is 11.8 Å². The van der Waals surface area contributed by atoms with Crippen LogP contribution in [0.5, 0.6) is 5.75 Å². The Bertz CT molecular complexity index is 892. The number of carbonyl (C=O) groups is 1. The lowest BCUT2D eigenvalue weighted by atomic mass is 9.96. The smallest absolute Gasteiger partial charge is 0.211 e. The Morgan fingerprint density at radius 1 is 1.33 bits per heavy atom. The average molecular weight is 429 g/mol. The molecule has 0 aliphatic carbocycles. The molecule has 2 rings (SSSR count). The number of nitrogens with one attached hydrogen (secondary N) is 3. The van der Waals surface area contributed by atoms with Gasteiger partial charge in [0.1, 0.15) is 18.2 Å². The molecule has 1 aromatic carbocycles. The molecule has 0 bridgehead atoms. The Labute approximate surface area is 181 Å². The molecule has 1 unspecified atom stereocenters. The van der Waals surface area contributed by atoms with Crippen molar-refractivity contribution in [3.8, 4) is 5.75 Å². The molecule has 7 nitrogen and oxygen atoms in total. The van der Waals surface area contributed by atoms with Gasteiger partial charge in [0.25, 0.3) is 0 Å². The topological polar surface area (TPSA) is 107 Å². The summed E-state index contributed by atoms with van der Waals surface area (Å²) in [6, 6.07) is 9.29. The van der Waals surface area contributed by atoms with Crippen LogP contribution in [0.4, 0.5) is 11.5 Å². The third-order valence-corrected chi connectivity index (χ3v) is 5.01. The maximum atomic E-state index is 10.7. The van der Waals surface area contributed by atoms with Gasteiger partial charge in [-0.3, -0.25) is 4.79 Å². The molecule has 1 aromatic heterocycles. The number of nitrogens with zero attached hydrogens (tertiary/aromatic N) is 1. The normalized spacial score (nSPS) is 12.4. The molecule has 8 heteroatoms. The summed E-state index contributed by atoms with van der Waals surface area (Å²) >= 11 is 1.54. The van der Waals surface area contributed by atoms with Crippen molar-refractivity contribution >= 4 is 35.4 Å². The molecular weight excluding hydrogens is 400 g/mol. The number of hydrogen-bond acceptors (Lipinski definition) is 7. The van der Waals surface area contributed by atoms with Crippen LogP contribution in [0, 0.1) is 5.41 Å². The van der Waals surface area contributed by atoms with E-state index in [0.29, 0.717) is 23.7 Å². The van der Waals surface area contributed by atoms with Crippen molar-refractivity contribution in [1.29, 1.82) is 5.41 Å². The van der Waals surface area contributed by atoms with E-state index in [2.05, 4.69) is 15.6 Å².